The van der Waals surface area contributed by atoms with Crippen molar-refractivity contribution < 1.29 is 27.8 Å². The smallest absolute Gasteiger partial charge is 0.416 e. The molecule has 0 aliphatic carbocycles. The van der Waals surface area contributed by atoms with Gasteiger partial charge in [0.05, 0.1) is 34.6 Å². The average molecular weight is 438 g/mol. The van der Waals surface area contributed by atoms with Crippen molar-refractivity contribution in [2.75, 3.05) is 7.11 Å². The summed E-state index contributed by atoms with van der Waals surface area (Å²) >= 11 is 0. The molecule has 0 radical (unpaired) electrons. The Morgan fingerprint density at radius 2 is 1.81 bits per heavy atom. The van der Waals surface area contributed by atoms with Crippen molar-refractivity contribution in [3.8, 4) is 22.5 Å². The van der Waals surface area contributed by atoms with Gasteiger partial charge in [0.2, 0.25) is 0 Å². The highest BCUT2D eigenvalue weighted by molar-refractivity contribution is 6.03. The normalized spacial score (nSPS) is 11.6. The third-order valence-corrected chi connectivity index (χ3v) is 5.02. The lowest BCUT2D eigenvalue weighted by molar-refractivity contribution is -0.137. The Bertz CT molecular complexity index is 1300. The maximum absolute atomic E-state index is 13.1. The quantitative estimate of drug-likeness (QED) is 0.425. The number of benzene rings is 2. The van der Waals surface area contributed by atoms with Gasteiger partial charge in [-0.2, -0.15) is 13.2 Å². The first-order valence-corrected chi connectivity index (χ1v) is 9.57. The monoisotopic (exact) mass is 438 g/mol. The van der Waals surface area contributed by atoms with E-state index in [0.717, 1.165) is 28.8 Å². The Morgan fingerprint density at radius 1 is 1.03 bits per heavy atom. The number of methoxy groups -OCH3 is 1. The molecule has 0 aliphatic heterocycles. The van der Waals surface area contributed by atoms with Gasteiger partial charge in [-0.25, -0.2) is 9.78 Å². The zero-order chi connectivity index (χ0) is 22.9. The van der Waals surface area contributed by atoms with E-state index in [1.54, 1.807) is 19.4 Å². The SMILES string of the molecule is COCc1ccccc1-c1ccc(-c2cc(C(=O)O)c3cc(C(F)(F)F)ccc3n2)nc1. The molecule has 1 N–H and O–H groups in total. The molecule has 2 heterocycles. The summed E-state index contributed by atoms with van der Waals surface area (Å²) in [5, 5.41) is 9.50. The summed E-state index contributed by atoms with van der Waals surface area (Å²) in [6.07, 6.45) is -2.94. The number of carboxylic acid groups (broad SMARTS) is 1. The first-order valence-electron chi connectivity index (χ1n) is 9.57. The molecule has 32 heavy (non-hydrogen) atoms. The minimum Gasteiger partial charge on any atom is -0.478 e. The van der Waals surface area contributed by atoms with Gasteiger partial charge in [-0.15, -0.1) is 0 Å². The van der Waals surface area contributed by atoms with Gasteiger partial charge in [-0.3, -0.25) is 4.98 Å². The van der Waals surface area contributed by atoms with Crippen LogP contribution in [0.2, 0.25) is 0 Å². The number of fused-ring (bicyclic) bond motifs is 1. The second-order valence-corrected chi connectivity index (χ2v) is 7.11. The summed E-state index contributed by atoms with van der Waals surface area (Å²) < 4.78 is 44.4. The van der Waals surface area contributed by atoms with E-state index in [1.807, 2.05) is 30.3 Å². The zero-order valence-corrected chi connectivity index (χ0v) is 16.8. The molecule has 2 aromatic carbocycles. The number of aromatic nitrogens is 2. The second-order valence-electron chi connectivity index (χ2n) is 7.11. The molecule has 8 heteroatoms. The van der Waals surface area contributed by atoms with Crippen LogP contribution in [0.3, 0.4) is 0 Å². The largest absolute Gasteiger partial charge is 0.478 e. The molecule has 0 saturated heterocycles. The molecule has 0 aliphatic rings. The van der Waals surface area contributed by atoms with Crippen molar-refractivity contribution >= 4 is 16.9 Å². The molecule has 0 amide bonds. The van der Waals surface area contributed by atoms with E-state index in [9.17, 15) is 23.1 Å². The molecule has 0 atom stereocenters. The lowest BCUT2D eigenvalue weighted by Crippen LogP contribution is -2.06. The first-order chi connectivity index (χ1) is 15.3. The summed E-state index contributed by atoms with van der Waals surface area (Å²) in [5.74, 6) is -1.34. The highest BCUT2D eigenvalue weighted by atomic mass is 19.4. The molecule has 0 bridgehead atoms. The molecular formula is C24H17F3N2O3. The number of aromatic carboxylic acids is 1. The average Bonchev–Trinajstić information content (AvgIpc) is 2.78. The Morgan fingerprint density at radius 3 is 2.47 bits per heavy atom. The summed E-state index contributed by atoms with van der Waals surface area (Å²) in [6.45, 7) is 0.437. The van der Waals surface area contributed by atoms with Crippen molar-refractivity contribution in [2.45, 2.75) is 12.8 Å². The molecule has 4 rings (SSSR count). The maximum atomic E-state index is 13.1. The van der Waals surface area contributed by atoms with Gasteiger partial charge in [0.25, 0.3) is 0 Å². The molecule has 5 nitrogen and oxygen atoms in total. The topological polar surface area (TPSA) is 72.3 Å². The van der Waals surface area contributed by atoms with Crippen LogP contribution >= 0.6 is 0 Å². The van der Waals surface area contributed by atoms with Crippen LogP contribution in [0.1, 0.15) is 21.5 Å². The Balaban J connectivity index is 1.78. The molecule has 0 spiro atoms. The summed E-state index contributed by atoms with van der Waals surface area (Å²) in [5.41, 5.74) is 2.38. The Hall–Kier alpha value is -3.78. The van der Waals surface area contributed by atoms with Crippen LogP contribution in [0.4, 0.5) is 13.2 Å². The fraction of sp³-hybridized carbons (Fsp3) is 0.125. The fourth-order valence-electron chi connectivity index (χ4n) is 3.50. The predicted octanol–water partition coefficient (Wildman–Crippen LogP) is 5.83. The molecular weight excluding hydrogens is 421 g/mol. The van der Waals surface area contributed by atoms with E-state index in [0.29, 0.717) is 12.3 Å². The van der Waals surface area contributed by atoms with E-state index < -0.39 is 17.7 Å². The van der Waals surface area contributed by atoms with Crippen molar-refractivity contribution in [3.63, 3.8) is 0 Å². The minimum atomic E-state index is -4.58. The van der Waals surface area contributed by atoms with Gasteiger partial charge in [0.15, 0.2) is 0 Å². The minimum absolute atomic E-state index is 0.0822. The number of carbonyl (C=O) groups is 1. The fourth-order valence-corrected chi connectivity index (χ4v) is 3.50. The van der Waals surface area contributed by atoms with Crippen LogP contribution in [-0.2, 0) is 17.5 Å². The molecule has 2 aromatic heterocycles. The van der Waals surface area contributed by atoms with E-state index in [4.69, 9.17) is 4.74 Å². The number of ether oxygens (including phenoxy) is 1. The number of hydrogen-bond acceptors (Lipinski definition) is 4. The van der Waals surface area contributed by atoms with Crippen molar-refractivity contribution in [3.05, 3.63) is 83.6 Å². The first kappa shape index (κ1) is 21.5. The number of halogens is 3. The summed E-state index contributed by atoms with van der Waals surface area (Å²) in [7, 11) is 1.61. The summed E-state index contributed by atoms with van der Waals surface area (Å²) in [6, 6.07) is 15.3. The van der Waals surface area contributed by atoms with Gasteiger partial charge < -0.3 is 9.84 Å². The van der Waals surface area contributed by atoms with Crippen LogP contribution < -0.4 is 0 Å². The van der Waals surface area contributed by atoms with Crippen LogP contribution in [0.5, 0.6) is 0 Å². The van der Waals surface area contributed by atoms with Crippen LogP contribution in [0.15, 0.2) is 66.9 Å². The van der Waals surface area contributed by atoms with Crippen molar-refractivity contribution in [1.29, 1.82) is 0 Å². The van der Waals surface area contributed by atoms with Crippen LogP contribution in [0, 0.1) is 0 Å². The highest BCUT2D eigenvalue weighted by Gasteiger charge is 2.31. The van der Waals surface area contributed by atoms with Gasteiger partial charge in [0, 0.05) is 24.3 Å². The number of alkyl halides is 3. The predicted molar refractivity (Wildman–Crippen MR) is 113 cm³/mol. The molecule has 0 unspecified atom stereocenters. The molecule has 162 valence electrons. The van der Waals surface area contributed by atoms with E-state index in [2.05, 4.69) is 9.97 Å². The number of carboxylic acids is 1. The lowest BCUT2D eigenvalue weighted by atomic mass is 10.0. The van der Waals surface area contributed by atoms with Crippen LogP contribution in [-0.4, -0.2) is 28.2 Å². The maximum Gasteiger partial charge on any atom is 0.416 e. The zero-order valence-electron chi connectivity index (χ0n) is 16.8. The Labute approximate surface area is 181 Å². The van der Waals surface area contributed by atoms with E-state index in [1.165, 1.54) is 12.1 Å². The van der Waals surface area contributed by atoms with Gasteiger partial charge >= 0.3 is 12.1 Å². The standard InChI is InChI=1S/C24H17F3N2O3/c1-32-13-15-4-2-3-5-17(15)14-6-8-21(28-12-14)22-11-19(23(30)31)18-10-16(24(25,26)27)7-9-20(18)29-22/h2-12H,13H2,1H3,(H,30,31). The number of hydrogen-bond donors (Lipinski definition) is 1. The van der Waals surface area contributed by atoms with E-state index in [-0.39, 0.29) is 22.2 Å². The van der Waals surface area contributed by atoms with Crippen LogP contribution in [0.25, 0.3) is 33.4 Å². The molecule has 0 saturated carbocycles. The number of rotatable bonds is 5. The van der Waals surface area contributed by atoms with E-state index >= 15 is 0 Å². The van der Waals surface area contributed by atoms with Gasteiger partial charge in [-0.05, 0) is 41.5 Å². The van der Waals surface area contributed by atoms with Crippen molar-refractivity contribution in [2.24, 2.45) is 0 Å². The molecule has 0 fully saturated rings. The lowest BCUT2D eigenvalue weighted by Gasteiger charge is -2.11. The number of nitrogens with zero attached hydrogens (tertiary/aromatic N) is 2. The summed E-state index contributed by atoms with van der Waals surface area (Å²) in [4.78, 5) is 20.5. The van der Waals surface area contributed by atoms with Gasteiger partial charge in [0.1, 0.15) is 0 Å². The third-order valence-electron chi connectivity index (χ3n) is 5.02. The molecule has 4 aromatic rings. The van der Waals surface area contributed by atoms with Gasteiger partial charge in [-0.1, -0.05) is 30.3 Å². The highest BCUT2D eigenvalue weighted by Crippen LogP contribution is 2.33. The second kappa shape index (κ2) is 8.39. The third kappa shape index (κ3) is 4.17. The number of pyridine rings is 2. The Kier molecular flexibility index (Phi) is 5.63. The van der Waals surface area contributed by atoms with Crippen molar-refractivity contribution in [1.82, 2.24) is 9.97 Å².